The summed E-state index contributed by atoms with van der Waals surface area (Å²) in [4.78, 5) is 4.29. The van der Waals surface area contributed by atoms with Gasteiger partial charge in [-0.2, -0.15) is 10.4 Å². The van der Waals surface area contributed by atoms with Crippen LogP contribution in [0, 0.1) is 24.2 Å². The Morgan fingerprint density at radius 2 is 2.36 bits per heavy atom. The number of aryl methyl sites for hydroxylation is 1. The summed E-state index contributed by atoms with van der Waals surface area (Å²) in [5.74, 6) is 0.972. The molecule has 3 rings (SSSR count). The number of aromatic amines is 1. The number of ether oxygens (including phenoxy) is 1. The third kappa shape index (κ3) is 2.95. The summed E-state index contributed by atoms with van der Waals surface area (Å²) in [5.41, 5.74) is 2.55. The lowest BCUT2D eigenvalue weighted by Crippen LogP contribution is -2.29. The average molecular weight is 297 g/mol. The van der Waals surface area contributed by atoms with Crippen molar-refractivity contribution in [2.24, 2.45) is 5.92 Å². The summed E-state index contributed by atoms with van der Waals surface area (Å²) < 4.78 is 5.91. The highest BCUT2D eigenvalue weighted by Gasteiger charge is 2.28. The van der Waals surface area contributed by atoms with E-state index in [0.29, 0.717) is 17.3 Å². The number of rotatable bonds is 4. The van der Waals surface area contributed by atoms with Crippen molar-refractivity contribution in [3.05, 3.63) is 41.3 Å². The minimum Gasteiger partial charge on any atom is -0.372 e. The molecule has 1 aliphatic heterocycles. The molecule has 0 spiro atoms. The third-order valence-corrected chi connectivity index (χ3v) is 4.08. The fourth-order valence-corrected chi connectivity index (χ4v) is 2.88. The molecule has 0 aromatic carbocycles. The Kier molecular flexibility index (Phi) is 4.35. The Morgan fingerprint density at radius 1 is 1.45 bits per heavy atom. The number of anilines is 1. The van der Waals surface area contributed by atoms with E-state index < -0.39 is 0 Å². The minimum atomic E-state index is 0.0131. The standard InChI is InChI=1S/C16H19N5O/c1-11-4-6-18-16(13(11)9-17)19-10-12-3-2-8-22-15(12)14-5-7-20-21-14/h4-7,12,15H,2-3,8,10H2,1H3,(H,18,19)(H,20,21)/t12-,15+/m0/s1. The Bertz CT molecular complexity index is 662. The van der Waals surface area contributed by atoms with Crippen LogP contribution in [-0.2, 0) is 4.74 Å². The molecular formula is C16H19N5O. The first-order valence-corrected chi connectivity index (χ1v) is 7.50. The highest BCUT2D eigenvalue weighted by Crippen LogP contribution is 2.32. The van der Waals surface area contributed by atoms with Gasteiger partial charge in [-0.3, -0.25) is 5.10 Å². The van der Waals surface area contributed by atoms with Crippen molar-refractivity contribution < 1.29 is 4.74 Å². The van der Waals surface area contributed by atoms with Crippen molar-refractivity contribution in [1.82, 2.24) is 15.2 Å². The van der Waals surface area contributed by atoms with Gasteiger partial charge in [0.25, 0.3) is 0 Å². The molecule has 6 nitrogen and oxygen atoms in total. The SMILES string of the molecule is Cc1ccnc(NC[C@@H]2CCCO[C@H]2c2ccn[nH]2)c1C#N. The number of nitrogens with one attached hydrogen (secondary N) is 2. The molecule has 114 valence electrons. The lowest BCUT2D eigenvalue weighted by atomic mass is 9.92. The van der Waals surface area contributed by atoms with Crippen LogP contribution < -0.4 is 5.32 Å². The summed E-state index contributed by atoms with van der Waals surface area (Å²) >= 11 is 0. The van der Waals surface area contributed by atoms with Gasteiger partial charge >= 0.3 is 0 Å². The van der Waals surface area contributed by atoms with Crippen LogP contribution in [0.2, 0.25) is 0 Å². The van der Waals surface area contributed by atoms with E-state index in [4.69, 9.17) is 4.74 Å². The first-order chi connectivity index (χ1) is 10.8. The van der Waals surface area contributed by atoms with Crippen molar-refractivity contribution in [2.75, 3.05) is 18.5 Å². The predicted molar refractivity (Wildman–Crippen MR) is 82.2 cm³/mol. The van der Waals surface area contributed by atoms with Crippen molar-refractivity contribution in [3.8, 4) is 6.07 Å². The second-order valence-electron chi connectivity index (χ2n) is 5.55. The van der Waals surface area contributed by atoms with E-state index in [2.05, 4.69) is 26.6 Å². The van der Waals surface area contributed by atoms with Crippen LogP contribution in [0.25, 0.3) is 0 Å². The molecule has 2 aromatic rings. The maximum Gasteiger partial charge on any atom is 0.144 e. The van der Waals surface area contributed by atoms with E-state index in [1.165, 1.54) is 0 Å². The van der Waals surface area contributed by atoms with Crippen molar-refractivity contribution >= 4 is 5.82 Å². The van der Waals surface area contributed by atoms with Crippen LogP contribution >= 0.6 is 0 Å². The first-order valence-electron chi connectivity index (χ1n) is 7.50. The number of nitriles is 1. The zero-order valence-corrected chi connectivity index (χ0v) is 12.5. The number of hydrogen-bond donors (Lipinski definition) is 2. The zero-order chi connectivity index (χ0) is 15.4. The van der Waals surface area contributed by atoms with Gasteiger partial charge in [-0.1, -0.05) is 0 Å². The van der Waals surface area contributed by atoms with Crippen LogP contribution in [0.4, 0.5) is 5.82 Å². The van der Waals surface area contributed by atoms with Crippen LogP contribution in [0.3, 0.4) is 0 Å². The molecule has 2 atom stereocenters. The Labute approximate surface area is 129 Å². The van der Waals surface area contributed by atoms with Gasteiger partial charge in [-0.25, -0.2) is 4.98 Å². The van der Waals surface area contributed by atoms with E-state index in [9.17, 15) is 5.26 Å². The Balaban J connectivity index is 1.72. The van der Waals surface area contributed by atoms with Crippen LogP contribution in [0.15, 0.2) is 24.5 Å². The fourth-order valence-electron chi connectivity index (χ4n) is 2.88. The van der Waals surface area contributed by atoms with Gasteiger partial charge in [-0.15, -0.1) is 0 Å². The maximum absolute atomic E-state index is 9.27. The van der Waals surface area contributed by atoms with Gasteiger partial charge in [-0.05, 0) is 37.5 Å². The fraction of sp³-hybridized carbons (Fsp3) is 0.438. The second kappa shape index (κ2) is 6.58. The molecule has 1 saturated heterocycles. The number of H-pyrrole nitrogens is 1. The molecular weight excluding hydrogens is 278 g/mol. The Hall–Kier alpha value is -2.39. The molecule has 3 heterocycles. The van der Waals surface area contributed by atoms with E-state index in [0.717, 1.165) is 37.3 Å². The average Bonchev–Trinajstić information content (AvgIpc) is 3.07. The molecule has 0 aliphatic carbocycles. The number of hydrogen-bond acceptors (Lipinski definition) is 5. The van der Waals surface area contributed by atoms with E-state index in [-0.39, 0.29) is 6.10 Å². The van der Waals surface area contributed by atoms with Crippen LogP contribution in [-0.4, -0.2) is 28.3 Å². The van der Waals surface area contributed by atoms with Crippen LogP contribution in [0.5, 0.6) is 0 Å². The predicted octanol–water partition coefficient (Wildman–Crippen LogP) is 2.56. The van der Waals surface area contributed by atoms with E-state index >= 15 is 0 Å². The zero-order valence-electron chi connectivity index (χ0n) is 12.5. The van der Waals surface area contributed by atoms with Gasteiger partial charge in [0, 0.05) is 31.5 Å². The molecule has 1 fully saturated rings. The molecule has 0 bridgehead atoms. The molecule has 1 aliphatic rings. The molecule has 22 heavy (non-hydrogen) atoms. The van der Waals surface area contributed by atoms with Gasteiger partial charge in [0.1, 0.15) is 18.0 Å². The smallest absolute Gasteiger partial charge is 0.144 e. The summed E-state index contributed by atoms with van der Waals surface area (Å²) in [6, 6.07) is 6.02. The quantitative estimate of drug-likeness (QED) is 0.905. The lowest BCUT2D eigenvalue weighted by molar-refractivity contribution is -0.0264. The number of aromatic nitrogens is 3. The second-order valence-corrected chi connectivity index (χ2v) is 5.55. The molecule has 6 heteroatoms. The maximum atomic E-state index is 9.27. The molecule has 0 amide bonds. The summed E-state index contributed by atoms with van der Waals surface area (Å²) in [6.07, 6.45) is 5.60. The number of pyridine rings is 1. The highest BCUT2D eigenvalue weighted by molar-refractivity contribution is 5.55. The van der Waals surface area contributed by atoms with Gasteiger partial charge in [0.15, 0.2) is 0 Å². The van der Waals surface area contributed by atoms with Crippen molar-refractivity contribution in [2.45, 2.75) is 25.9 Å². The summed E-state index contributed by atoms with van der Waals surface area (Å²) in [7, 11) is 0. The summed E-state index contributed by atoms with van der Waals surface area (Å²) in [6.45, 7) is 3.41. The molecule has 2 aromatic heterocycles. The van der Waals surface area contributed by atoms with Crippen LogP contribution in [0.1, 0.15) is 35.8 Å². The molecule has 0 radical (unpaired) electrons. The molecule has 0 unspecified atom stereocenters. The van der Waals surface area contributed by atoms with Gasteiger partial charge in [0.05, 0.1) is 11.3 Å². The largest absolute Gasteiger partial charge is 0.372 e. The lowest BCUT2D eigenvalue weighted by Gasteiger charge is -2.31. The normalized spacial score (nSPS) is 21.3. The van der Waals surface area contributed by atoms with E-state index in [1.807, 2.05) is 19.1 Å². The van der Waals surface area contributed by atoms with Crippen molar-refractivity contribution in [1.29, 1.82) is 5.26 Å². The number of nitrogens with zero attached hydrogens (tertiary/aromatic N) is 3. The Morgan fingerprint density at radius 3 is 3.14 bits per heavy atom. The summed E-state index contributed by atoms with van der Waals surface area (Å²) in [5, 5.41) is 19.6. The monoisotopic (exact) mass is 297 g/mol. The topological polar surface area (TPSA) is 86.6 Å². The molecule has 2 N–H and O–H groups in total. The first kappa shape index (κ1) is 14.5. The third-order valence-electron chi connectivity index (χ3n) is 4.08. The molecule has 0 saturated carbocycles. The minimum absolute atomic E-state index is 0.0131. The van der Waals surface area contributed by atoms with Crippen molar-refractivity contribution in [3.63, 3.8) is 0 Å². The van der Waals surface area contributed by atoms with Gasteiger partial charge in [0.2, 0.25) is 0 Å². The van der Waals surface area contributed by atoms with Gasteiger partial charge < -0.3 is 10.1 Å². The highest BCUT2D eigenvalue weighted by atomic mass is 16.5. The van der Waals surface area contributed by atoms with E-state index in [1.54, 1.807) is 12.4 Å².